The Morgan fingerprint density at radius 2 is 1.78 bits per heavy atom. The molecule has 14 heteroatoms. The maximum Gasteiger partial charge on any atom is 0.306 e. The van der Waals surface area contributed by atoms with Crippen LogP contribution in [0.2, 0.25) is 0 Å². The summed E-state index contributed by atoms with van der Waals surface area (Å²) in [4.78, 5) is 14.9. The van der Waals surface area contributed by atoms with Gasteiger partial charge in [0.25, 0.3) is 0 Å². The number of hydrogen-bond acceptors (Lipinski definition) is 8. The lowest BCUT2D eigenvalue weighted by Gasteiger charge is -2.20. The molecule has 0 aliphatic carbocycles. The number of ether oxygens (including phenoxy) is 2. The van der Waals surface area contributed by atoms with E-state index in [1.807, 2.05) is 18.2 Å². The maximum absolute atomic E-state index is 15.5. The molecule has 1 N–H and O–H groups in total. The zero-order valence-electron chi connectivity index (χ0n) is 26.7. The molecule has 2 aromatic heterocycles. The highest BCUT2D eigenvalue weighted by Gasteiger charge is 2.25. The minimum absolute atomic E-state index is 0.0502. The summed E-state index contributed by atoms with van der Waals surface area (Å²) < 4.78 is 96.3. The summed E-state index contributed by atoms with van der Waals surface area (Å²) in [6.07, 6.45) is 3.68. The number of carbonyl (C=O) groups excluding carboxylic acids is 1. The van der Waals surface area contributed by atoms with Crippen LogP contribution in [0.4, 0.5) is 8.78 Å². The molecule has 3 heterocycles. The summed E-state index contributed by atoms with van der Waals surface area (Å²) in [5.74, 6) is -3.76. The van der Waals surface area contributed by atoms with Crippen LogP contribution in [0.3, 0.4) is 0 Å². The molecule has 4 bridgehead atoms. The summed E-state index contributed by atoms with van der Waals surface area (Å²) in [7, 11) is -7.76. The zero-order chi connectivity index (χ0) is 34.8. The molecule has 10 nitrogen and oxygen atoms in total. The minimum Gasteiger partial charge on any atom is -0.466 e. The Hall–Kier alpha value is -4.56. The summed E-state index contributed by atoms with van der Waals surface area (Å²) in [5.41, 5.74) is 2.56. The Balaban J connectivity index is 1.42. The molecule has 0 radical (unpaired) electrons. The average molecular weight is 712 g/mol. The molecule has 5 aromatic rings. The number of H-pyrrole nitrogens is 1. The van der Waals surface area contributed by atoms with E-state index in [1.54, 1.807) is 42.2 Å². The van der Waals surface area contributed by atoms with Gasteiger partial charge in [-0.3, -0.25) is 9.48 Å². The Morgan fingerprint density at radius 3 is 2.57 bits per heavy atom. The minimum atomic E-state index is -3.89. The van der Waals surface area contributed by atoms with Gasteiger partial charge in [-0.05, 0) is 67.6 Å². The van der Waals surface area contributed by atoms with E-state index < -0.39 is 54.6 Å². The van der Waals surface area contributed by atoms with Crippen LogP contribution in [0.5, 0.6) is 11.5 Å². The second kappa shape index (κ2) is 14.1. The fourth-order valence-corrected chi connectivity index (χ4v) is 9.55. The van der Waals surface area contributed by atoms with Crippen molar-refractivity contribution in [2.24, 2.45) is 0 Å². The molecule has 0 amide bonds. The number of aromatic nitrogens is 3. The second-order valence-corrected chi connectivity index (χ2v) is 16.5. The van der Waals surface area contributed by atoms with Crippen molar-refractivity contribution in [3.05, 3.63) is 101 Å². The van der Waals surface area contributed by atoms with E-state index in [4.69, 9.17) is 9.47 Å². The highest BCUT2D eigenvalue weighted by Crippen LogP contribution is 2.37. The number of hydrogen-bond donors (Lipinski definition) is 1. The highest BCUT2D eigenvalue weighted by molar-refractivity contribution is 7.95. The summed E-state index contributed by atoms with van der Waals surface area (Å²) >= 11 is 0. The third-order valence-electron chi connectivity index (χ3n) is 8.56. The van der Waals surface area contributed by atoms with Gasteiger partial charge in [0.05, 0.1) is 41.4 Å². The van der Waals surface area contributed by atoms with Gasteiger partial charge >= 0.3 is 5.97 Å². The van der Waals surface area contributed by atoms with Gasteiger partial charge in [0.15, 0.2) is 31.2 Å². The van der Waals surface area contributed by atoms with Gasteiger partial charge in [0.2, 0.25) is 0 Å². The van der Waals surface area contributed by atoms with E-state index >= 15 is 8.78 Å². The predicted molar refractivity (Wildman–Crippen MR) is 181 cm³/mol. The van der Waals surface area contributed by atoms with Crippen LogP contribution in [-0.4, -0.2) is 67.2 Å². The Morgan fingerprint density at radius 1 is 0.980 bits per heavy atom. The largest absolute Gasteiger partial charge is 0.466 e. The van der Waals surface area contributed by atoms with Gasteiger partial charge in [0, 0.05) is 46.9 Å². The van der Waals surface area contributed by atoms with Gasteiger partial charge < -0.3 is 14.5 Å². The number of carbonyl (C=O) groups is 1. The van der Waals surface area contributed by atoms with E-state index in [0.29, 0.717) is 22.9 Å². The van der Waals surface area contributed by atoms with Crippen molar-refractivity contribution in [2.75, 3.05) is 29.6 Å². The number of esters is 1. The van der Waals surface area contributed by atoms with E-state index in [9.17, 15) is 21.6 Å². The quantitative estimate of drug-likeness (QED) is 0.221. The third kappa shape index (κ3) is 8.02. The first-order valence-corrected chi connectivity index (χ1v) is 19.5. The van der Waals surface area contributed by atoms with E-state index in [2.05, 4.69) is 10.1 Å². The Kier molecular flexibility index (Phi) is 9.89. The number of aryl methyl sites for hydroxylation is 2. The second-order valence-electron chi connectivity index (χ2n) is 11.9. The van der Waals surface area contributed by atoms with Crippen molar-refractivity contribution in [2.45, 2.75) is 38.6 Å². The average Bonchev–Trinajstić information content (AvgIpc) is 3.74. The molecule has 0 saturated heterocycles. The van der Waals surface area contributed by atoms with Gasteiger partial charge in [-0.2, -0.15) is 5.10 Å². The summed E-state index contributed by atoms with van der Waals surface area (Å²) in [6.45, 7) is 2.00. The molecule has 1 aliphatic heterocycles. The number of benzene rings is 3. The molecular formula is C35H35F2N3O7S2. The van der Waals surface area contributed by atoms with Gasteiger partial charge in [-0.25, -0.2) is 25.6 Å². The fraction of sp³-hybridized carbons (Fsp3) is 0.314. The number of halogens is 2. The van der Waals surface area contributed by atoms with Gasteiger partial charge in [-0.1, -0.05) is 24.3 Å². The number of nitrogens with zero attached hydrogens (tertiary/aromatic N) is 2. The molecule has 258 valence electrons. The molecule has 1 unspecified atom stereocenters. The van der Waals surface area contributed by atoms with Crippen LogP contribution < -0.4 is 4.74 Å². The van der Waals surface area contributed by atoms with Crippen LogP contribution >= 0.6 is 0 Å². The number of fused-ring (bicyclic) bond motifs is 8. The SMILES string of the molecule is CCOC(=O)CCc1cccc(C2CCS(=O)(=O)CCS(=O)(=O)CCc3c(c(F)cc4[nH]ccc34)Oc3ccc(F)c(c3)-c3ccn2n3)c1. The monoisotopic (exact) mass is 711 g/mol. The van der Waals surface area contributed by atoms with Crippen LogP contribution in [0.25, 0.3) is 22.2 Å². The molecule has 3 aromatic carbocycles. The lowest BCUT2D eigenvalue weighted by molar-refractivity contribution is -0.143. The number of aromatic amines is 1. The summed E-state index contributed by atoms with van der Waals surface area (Å²) in [6, 6.07) is 15.1. The first-order chi connectivity index (χ1) is 23.4. The third-order valence-corrected chi connectivity index (χ3v) is 12.2. The van der Waals surface area contributed by atoms with Crippen molar-refractivity contribution < 1.29 is 39.9 Å². The van der Waals surface area contributed by atoms with E-state index in [-0.39, 0.29) is 65.9 Å². The lowest BCUT2D eigenvalue weighted by atomic mass is 10.00. The first-order valence-electron chi connectivity index (χ1n) is 15.9. The number of sulfone groups is 2. The molecule has 0 saturated carbocycles. The maximum atomic E-state index is 15.5. The van der Waals surface area contributed by atoms with E-state index in [1.165, 1.54) is 24.3 Å². The van der Waals surface area contributed by atoms with E-state index in [0.717, 1.165) is 5.56 Å². The molecular weight excluding hydrogens is 677 g/mol. The number of nitrogens with one attached hydrogen (secondary N) is 1. The lowest BCUT2D eigenvalue weighted by Crippen LogP contribution is -2.24. The molecule has 0 spiro atoms. The van der Waals surface area contributed by atoms with Gasteiger partial charge in [0.1, 0.15) is 11.6 Å². The Labute approximate surface area is 282 Å². The molecule has 1 aliphatic rings. The van der Waals surface area contributed by atoms with Crippen molar-refractivity contribution in [1.82, 2.24) is 14.8 Å². The van der Waals surface area contributed by atoms with Crippen LogP contribution in [0.1, 0.15) is 42.5 Å². The van der Waals surface area contributed by atoms with Crippen molar-refractivity contribution in [3.63, 3.8) is 0 Å². The van der Waals surface area contributed by atoms with Crippen LogP contribution in [0, 0.1) is 11.6 Å². The molecule has 0 fully saturated rings. The standard InChI is InChI=1S/C35H35F2N3O7S2/c1-2-46-34(41)9-6-23-4-3-5-24(20-23)33-13-17-49(44,45)19-18-48(42,43)16-12-27-26-10-14-38-32(26)22-30(37)35(27)47-25-7-8-29(36)28(21-25)31-11-15-40(33)39-31/h3-5,7-8,10-11,14-15,20-22,33,38H,2,6,9,12-13,16-19H2,1H3. The van der Waals surface area contributed by atoms with Crippen molar-refractivity contribution in [1.29, 1.82) is 0 Å². The highest BCUT2D eigenvalue weighted by atomic mass is 32.2. The van der Waals surface area contributed by atoms with Crippen molar-refractivity contribution in [3.8, 4) is 22.8 Å². The molecule has 49 heavy (non-hydrogen) atoms. The molecule has 6 rings (SSSR count). The topological polar surface area (TPSA) is 137 Å². The normalized spacial score (nSPS) is 17.7. The number of rotatable bonds is 5. The zero-order valence-corrected chi connectivity index (χ0v) is 28.3. The summed E-state index contributed by atoms with van der Waals surface area (Å²) in [5, 5.41) is 5.19. The van der Waals surface area contributed by atoms with Crippen LogP contribution in [-0.2, 0) is 42.0 Å². The smallest absolute Gasteiger partial charge is 0.306 e. The van der Waals surface area contributed by atoms with Gasteiger partial charge in [-0.15, -0.1) is 0 Å². The predicted octanol–water partition coefficient (Wildman–Crippen LogP) is 5.96. The molecule has 1 atom stereocenters. The van der Waals surface area contributed by atoms with Crippen LogP contribution in [0.15, 0.2) is 73.1 Å². The van der Waals surface area contributed by atoms with Crippen molar-refractivity contribution >= 4 is 36.5 Å². The Bertz CT molecular complexity index is 2230. The first kappa shape index (κ1) is 34.3. The fourth-order valence-electron chi connectivity index (χ4n) is 6.01.